The maximum atomic E-state index is 4.71. The van der Waals surface area contributed by atoms with E-state index in [0.29, 0.717) is 6.04 Å². The molecular weight excluding hydrogens is 282 g/mol. The number of thiophene rings is 1. The van der Waals surface area contributed by atoms with E-state index in [1.165, 1.54) is 0 Å². The van der Waals surface area contributed by atoms with E-state index in [2.05, 4.69) is 59.5 Å². The molecule has 0 bridgehead atoms. The predicted octanol–water partition coefficient (Wildman–Crippen LogP) is 2.51. The number of fused-ring (bicyclic) bond motifs is 1. The highest BCUT2D eigenvalue weighted by atomic mass is 32.1. The highest BCUT2D eigenvalue weighted by Gasteiger charge is 2.16. The van der Waals surface area contributed by atoms with Crippen molar-refractivity contribution in [2.75, 3.05) is 39.5 Å². The summed E-state index contributed by atoms with van der Waals surface area (Å²) in [7, 11) is 6.13. The molecule has 2 heterocycles. The van der Waals surface area contributed by atoms with E-state index in [1.54, 1.807) is 11.3 Å². The van der Waals surface area contributed by atoms with Crippen molar-refractivity contribution in [3.63, 3.8) is 0 Å². The summed E-state index contributed by atoms with van der Waals surface area (Å²) < 4.78 is 0. The Morgan fingerprint density at radius 1 is 1.33 bits per heavy atom. The Kier molecular flexibility index (Phi) is 5.50. The van der Waals surface area contributed by atoms with Gasteiger partial charge < -0.3 is 10.2 Å². The summed E-state index contributed by atoms with van der Waals surface area (Å²) in [4.78, 5) is 15.1. The average Bonchev–Trinajstić information content (AvgIpc) is 2.91. The number of hydrogen-bond acceptors (Lipinski definition) is 6. The molecule has 1 N–H and O–H groups in total. The van der Waals surface area contributed by atoms with Gasteiger partial charge in [-0.25, -0.2) is 9.97 Å². The Labute approximate surface area is 131 Å². The second-order valence-electron chi connectivity index (χ2n) is 5.55. The summed E-state index contributed by atoms with van der Waals surface area (Å²) in [6.07, 6.45) is 0. The minimum atomic E-state index is 0.477. The number of aromatic nitrogens is 2. The van der Waals surface area contributed by atoms with Gasteiger partial charge in [0.2, 0.25) is 0 Å². The van der Waals surface area contributed by atoms with Gasteiger partial charge in [-0.3, -0.25) is 4.90 Å². The maximum absolute atomic E-state index is 4.71. The first-order chi connectivity index (χ1) is 10.0. The Balaban J connectivity index is 2.20. The summed E-state index contributed by atoms with van der Waals surface area (Å²) in [5.74, 6) is 1.81. The van der Waals surface area contributed by atoms with E-state index in [4.69, 9.17) is 4.98 Å². The van der Waals surface area contributed by atoms with Gasteiger partial charge in [0.15, 0.2) is 0 Å². The van der Waals surface area contributed by atoms with E-state index >= 15 is 0 Å². The molecule has 0 aliphatic carbocycles. The van der Waals surface area contributed by atoms with Crippen molar-refractivity contribution in [3.8, 4) is 0 Å². The fraction of sp³-hybridized carbons (Fsp3) is 0.600. The van der Waals surface area contributed by atoms with Crippen LogP contribution >= 0.6 is 11.3 Å². The van der Waals surface area contributed by atoms with Crippen LogP contribution in [0.2, 0.25) is 0 Å². The van der Waals surface area contributed by atoms with Crippen LogP contribution < -0.4 is 5.32 Å². The highest BCUT2D eigenvalue weighted by Crippen LogP contribution is 2.25. The van der Waals surface area contributed by atoms with Gasteiger partial charge in [0.25, 0.3) is 0 Å². The first kappa shape index (κ1) is 16.1. The molecule has 0 saturated carbocycles. The minimum absolute atomic E-state index is 0.477. The van der Waals surface area contributed by atoms with Gasteiger partial charge >= 0.3 is 0 Å². The van der Waals surface area contributed by atoms with Gasteiger partial charge in [-0.05, 0) is 39.0 Å². The Morgan fingerprint density at radius 2 is 2.10 bits per heavy atom. The molecule has 0 saturated heterocycles. The smallest absolute Gasteiger partial charge is 0.146 e. The van der Waals surface area contributed by atoms with Crippen LogP contribution in [0.25, 0.3) is 10.2 Å². The molecule has 0 amide bonds. The third kappa shape index (κ3) is 3.90. The molecule has 0 radical (unpaired) electrons. The molecule has 0 fully saturated rings. The molecule has 0 aliphatic rings. The molecule has 21 heavy (non-hydrogen) atoms. The topological polar surface area (TPSA) is 44.3 Å². The second-order valence-corrected chi connectivity index (χ2v) is 6.45. The lowest BCUT2D eigenvalue weighted by molar-refractivity contribution is 0.171. The molecule has 116 valence electrons. The SMILES string of the molecule is CCN(Cc1nc(NC)c2ccsc2n1)C(C)CN(C)C. The third-order valence-electron chi connectivity index (χ3n) is 3.61. The second kappa shape index (κ2) is 7.15. The van der Waals surface area contributed by atoms with Crippen molar-refractivity contribution in [3.05, 3.63) is 17.3 Å². The van der Waals surface area contributed by atoms with Crippen molar-refractivity contribution in [2.45, 2.75) is 26.4 Å². The normalized spacial score (nSPS) is 13.3. The number of rotatable bonds is 7. The van der Waals surface area contributed by atoms with Gasteiger partial charge in [0.05, 0.1) is 11.9 Å². The Bertz CT molecular complexity index is 580. The molecule has 2 rings (SSSR count). The van der Waals surface area contributed by atoms with E-state index in [1.807, 2.05) is 7.05 Å². The van der Waals surface area contributed by atoms with Gasteiger partial charge in [-0.15, -0.1) is 11.3 Å². The van der Waals surface area contributed by atoms with Crippen LogP contribution in [0.5, 0.6) is 0 Å². The molecule has 6 heteroatoms. The number of anilines is 1. The molecule has 5 nitrogen and oxygen atoms in total. The van der Waals surface area contributed by atoms with Crippen LogP contribution in [0.1, 0.15) is 19.7 Å². The number of likely N-dealkylation sites (N-methyl/N-ethyl adjacent to an activating group) is 2. The van der Waals surface area contributed by atoms with Gasteiger partial charge in [-0.1, -0.05) is 6.92 Å². The lowest BCUT2D eigenvalue weighted by atomic mass is 10.2. The Morgan fingerprint density at radius 3 is 2.71 bits per heavy atom. The first-order valence-electron chi connectivity index (χ1n) is 7.35. The highest BCUT2D eigenvalue weighted by molar-refractivity contribution is 7.16. The van der Waals surface area contributed by atoms with Crippen molar-refractivity contribution in [2.24, 2.45) is 0 Å². The zero-order valence-corrected chi connectivity index (χ0v) is 14.4. The number of nitrogens with zero attached hydrogens (tertiary/aromatic N) is 4. The average molecular weight is 307 g/mol. The lowest BCUT2D eigenvalue weighted by Crippen LogP contribution is -2.39. The van der Waals surface area contributed by atoms with E-state index in [0.717, 1.165) is 41.5 Å². The zero-order valence-electron chi connectivity index (χ0n) is 13.6. The largest absolute Gasteiger partial charge is 0.372 e. The Hall–Kier alpha value is -1.24. The van der Waals surface area contributed by atoms with Crippen molar-refractivity contribution >= 4 is 27.4 Å². The van der Waals surface area contributed by atoms with Gasteiger partial charge in [-0.2, -0.15) is 0 Å². The van der Waals surface area contributed by atoms with E-state index in [9.17, 15) is 0 Å². The van der Waals surface area contributed by atoms with Crippen LogP contribution in [-0.4, -0.2) is 60.0 Å². The summed E-state index contributed by atoms with van der Waals surface area (Å²) >= 11 is 1.67. The van der Waals surface area contributed by atoms with Crippen LogP contribution in [-0.2, 0) is 6.54 Å². The van der Waals surface area contributed by atoms with Crippen molar-refractivity contribution in [1.29, 1.82) is 0 Å². The predicted molar refractivity (Wildman–Crippen MR) is 91.1 cm³/mol. The number of hydrogen-bond donors (Lipinski definition) is 1. The summed E-state index contributed by atoms with van der Waals surface area (Å²) in [5, 5.41) is 6.35. The van der Waals surface area contributed by atoms with Crippen LogP contribution in [0, 0.1) is 0 Å². The lowest BCUT2D eigenvalue weighted by Gasteiger charge is -2.29. The quantitative estimate of drug-likeness (QED) is 0.851. The van der Waals surface area contributed by atoms with Crippen LogP contribution in [0.4, 0.5) is 5.82 Å². The third-order valence-corrected chi connectivity index (χ3v) is 4.42. The van der Waals surface area contributed by atoms with Gasteiger partial charge in [0.1, 0.15) is 16.5 Å². The molecule has 1 unspecified atom stereocenters. The maximum Gasteiger partial charge on any atom is 0.146 e. The van der Waals surface area contributed by atoms with Crippen molar-refractivity contribution < 1.29 is 0 Å². The molecule has 2 aromatic heterocycles. The molecule has 0 aliphatic heterocycles. The van der Waals surface area contributed by atoms with Gasteiger partial charge in [0, 0.05) is 19.6 Å². The number of nitrogens with one attached hydrogen (secondary N) is 1. The van der Waals surface area contributed by atoms with Crippen molar-refractivity contribution in [1.82, 2.24) is 19.8 Å². The molecule has 1 atom stereocenters. The fourth-order valence-electron chi connectivity index (χ4n) is 2.57. The fourth-order valence-corrected chi connectivity index (χ4v) is 3.35. The zero-order chi connectivity index (χ0) is 15.4. The monoisotopic (exact) mass is 307 g/mol. The summed E-state index contributed by atoms with van der Waals surface area (Å²) in [6.45, 7) is 7.26. The molecular formula is C15H25N5S. The standard InChI is InChI=1S/C15H25N5S/c1-6-20(11(2)9-19(4)5)10-13-17-14(16-3)12-7-8-21-15(12)18-13/h7-8,11H,6,9-10H2,1-5H3,(H,16,17,18). The van der Waals surface area contributed by atoms with E-state index < -0.39 is 0 Å². The molecule has 2 aromatic rings. The molecule has 0 aromatic carbocycles. The minimum Gasteiger partial charge on any atom is -0.372 e. The summed E-state index contributed by atoms with van der Waals surface area (Å²) in [6, 6.07) is 2.55. The van der Waals surface area contributed by atoms with Crippen LogP contribution in [0.15, 0.2) is 11.4 Å². The summed E-state index contributed by atoms with van der Waals surface area (Å²) in [5.41, 5.74) is 0. The van der Waals surface area contributed by atoms with Crippen LogP contribution in [0.3, 0.4) is 0 Å². The van der Waals surface area contributed by atoms with E-state index in [-0.39, 0.29) is 0 Å². The molecule has 0 spiro atoms. The first-order valence-corrected chi connectivity index (χ1v) is 8.23.